The molecule has 1 aromatic carbocycles. The zero-order valence-corrected chi connectivity index (χ0v) is 9.86. The number of rotatable bonds is 3. The van der Waals surface area contributed by atoms with Crippen LogP contribution in [0.1, 0.15) is 36.6 Å². The van der Waals surface area contributed by atoms with Crippen LogP contribution in [0.5, 0.6) is 0 Å². The van der Waals surface area contributed by atoms with Crippen LogP contribution in [0, 0.1) is 19.8 Å². The van der Waals surface area contributed by atoms with Crippen LogP contribution in [0.4, 0.5) is 0 Å². The third-order valence-electron chi connectivity index (χ3n) is 2.76. The number of benzene rings is 1. The van der Waals surface area contributed by atoms with Crippen LogP contribution < -0.4 is 0 Å². The molecule has 2 unspecified atom stereocenters. The molecular formula is C13H20O2. The second kappa shape index (κ2) is 4.77. The van der Waals surface area contributed by atoms with E-state index in [1.807, 2.05) is 45.9 Å². The maximum atomic E-state index is 10.0. The Morgan fingerprint density at radius 3 is 2.20 bits per heavy atom. The maximum absolute atomic E-state index is 10.0. The summed E-state index contributed by atoms with van der Waals surface area (Å²) in [6.45, 7) is 7.74. The van der Waals surface area contributed by atoms with Crippen LogP contribution in [0.25, 0.3) is 0 Å². The molecule has 84 valence electrons. The Bertz CT molecular complexity index is 331. The van der Waals surface area contributed by atoms with Crippen molar-refractivity contribution in [2.45, 2.75) is 39.9 Å². The van der Waals surface area contributed by atoms with Gasteiger partial charge in [0.1, 0.15) is 6.10 Å². The molecule has 0 amide bonds. The molecule has 0 heterocycles. The first-order valence-electron chi connectivity index (χ1n) is 5.36. The first-order valence-corrected chi connectivity index (χ1v) is 5.36. The van der Waals surface area contributed by atoms with E-state index in [4.69, 9.17) is 0 Å². The summed E-state index contributed by atoms with van der Waals surface area (Å²) in [7, 11) is 0. The van der Waals surface area contributed by atoms with E-state index in [0.717, 1.165) is 16.7 Å². The molecule has 0 aliphatic rings. The molecule has 15 heavy (non-hydrogen) atoms. The van der Waals surface area contributed by atoms with Crippen LogP contribution in [-0.4, -0.2) is 16.3 Å². The van der Waals surface area contributed by atoms with E-state index in [1.54, 1.807) is 0 Å². The van der Waals surface area contributed by atoms with Crippen molar-refractivity contribution in [1.82, 2.24) is 0 Å². The summed E-state index contributed by atoms with van der Waals surface area (Å²) in [5.74, 6) is 0.0555. The van der Waals surface area contributed by atoms with Crippen molar-refractivity contribution < 1.29 is 10.2 Å². The van der Waals surface area contributed by atoms with Gasteiger partial charge in [-0.15, -0.1) is 0 Å². The van der Waals surface area contributed by atoms with Gasteiger partial charge < -0.3 is 10.2 Å². The Labute approximate surface area is 91.6 Å². The zero-order chi connectivity index (χ0) is 11.6. The van der Waals surface area contributed by atoms with Gasteiger partial charge in [-0.05, 0) is 30.9 Å². The van der Waals surface area contributed by atoms with Gasteiger partial charge >= 0.3 is 0 Å². The van der Waals surface area contributed by atoms with Crippen molar-refractivity contribution in [3.63, 3.8) is 0 Å². The lowest BCUT2D eigenvalue weighted by atomic mass is 9.92. The summed E-state index contributed by atoms with van der Waals surface area (Å²) >= 11 is 0. The van der Waals surface area contributed by atoms with Crippen LogP contribution in [-0.2, 0) is 0 Å². The molecule has 0 aliphatic heterocycles. The Morgan fingerprint density at radius 2 is 1.67 bits per heavy atom. The summed E-state index contributed by atoms with van der Waals surface area (Å²) in [5, 5.41) is 19.8. The minimum absolute atomic E-state index is 0.0555. The summed E-state index contributed by atoms with van der Waals surface area (Å²) in [6, 6.07) is 5.92. The number of aryl methyl sites for hydroxylation is 2. The van der Waals surface area contributed by atoms with Crippen molar-refractivity contribution in [1.29, 1.82) is 0 Å². The highest BCUT2D eigenvalue weighted by Gasteiger charge is 2.22. The smallest absolute Gasteiger partial charge is 0.105 e. The molecule has 2 atom stereocenters. The molecule has 0 fully saturated rings. The average molecular weight is 208 g/mol. The van der Waals surface area contributed by atoms with Crippen molar-refractivity contribution in [2.75, 3.05) is 0 Å². The Hall–Kier alpha value is -0.860. The standard InChI is InChI=1S/C13H20O2/c1-8(2)12(14)13(15)11-7-9(3)5-6-10(11)4/h5-8,12-15H,1-4H3. The third kappa shape index (κ3) is 2.80. The van der Waals surface area contributed by atoms with Crippen LogP contribution in [0.15, 0.2) is 18.2 Å². The van der Waals surface area contributed by atoms with Gasteiger partial charge in [-0.2, -0.15) is 0 Å². The molecular weight excluding hydrogens is 188 g/mol. The molecule has 2 nitrogen and oxygen atoms in total. The van der Waals surface area contributed by atoms with E-state index in [-0.39, 0.29) is 5.92 Å². The summed E-state index contributed by atoms with van der Waals surface area (Å²) < 4.78 is 0. The molecule has 2 N–H and O–H groups in total. The van der Waals surface area contributed by atoms with E-state index < -0.39 is 12.2 Å². The van der Waals surface area contributed by atoms with E-state index >= 15 is 0 Å². The number of aliphatic hydroxyl groups is 2. The lowest BCUT2D eigenvalue weighted by Crippen LogP contribution is -2.24. The highest BCUT2D eigenvalue weighted by Crippen LogP contribution is 2.25. The number of aliphatic hydroxyl groups excluding tert-OH is 2. The summed E-state index contributed by atoms with van der Waals surface area (Å²) in [4.78, 5) is 0. The third-order valence-corrected chi connectivity index (χ3v) is 2.76. The molecule has 0 saturated heterocycles. The Balaban J connectivity index is 2.99. The fourth-order valence-electron chi connectivity index (χ4n) is 1.63. The minimum Gasteiger partial charge on any atom is -0.390 e. The number of hydrogen-bond acceptors (Lipinski definition) is 2. The van der Waals surface area contributed by atoms with Crippen molar-refractivity contribution in [2.24, 2.45) is 5.92 Å². The molecule has 2 heteroatoms. The SMILES string of the molecule is Cc1ccc(C)c(C(O)C(O)C(C)C)c1. The molecule has 1 aromatic rings. The molecule has 0 spiro atoms. The average Bonchev–Trinajstić information content (AvgIpc) is 2.19. The van der Waals surface area contributed by atoms with Crippen molar-refractivity contribution in [3.8, 4) is 0 Å². The zero-order valence-electron chi connectivity index (χ0n) is 9.86. The van der Waals surface area contributed by atoms with Gasteiger partial charge in [-0.25, -0.2) is 0 Å². The van der Waals surface area contributed by atoms with Crippen molar-refractivity contribution >= 4 is 0 Å². The normalized spacial score (nSPS) is 15.4. The second-order valence-electron chi connectivity index (χ2n) is 4.54. The highest BCUT2D eigenvalue weighted by atomic mass is 16.3. The largest absolute Gasteiger partial charge is 0.390 e. The van der Waals surface area contributed by atoms with Gasteiger partial charge in [-0.3, -0.25) is 0 Å². The van der Waals surface area contributed by atoms with Gasteiger partial charge in [0.2, 0.25) is 0 Å². The molecule has 0 aromatic heterocycles. The van der Waals surface area contributed by atoms with Crippen molar-refractivity contribution in [3.05, 3.63) is 34.9 Å². The highest BCUT2D eigenvalue weighted by molar-refractivity contribution is 5.32. The van der Waals surface area contributed by atoms with Gasteiger partial charge in [0.15, 0.2) is 0 Å². The van der Waals surface area contributed by atoms with E-state index in [9.17, 15) is 10.2 Å². The van der Waals surface area contributed by atoms with E-state index in [2.05, 4.69) is 0 Å². The fourth-order valence-corrected chi connectivity index (χ4v) is 1.63. The summed E-state index contributed by atoms with van der Waals surface area (Å²) in [6.07, 6.45) is -1.49. The Kier molecular flexibility index (Phi) is 3.89. The summed E-state index contributed by atoms with van der Waals surface area (Å²) in [5.41, 5.74) is 2.95. The monoisotopic (exact) mass is 208 g/mol. The fraction of sp³-hybridized carbons (Fsp3) is 0.538. The lowest BCUT2D eigenvalue weighted by molar-refractivity contribution is -0.00973. The quantitative estimate of drug-likeness (QED) is 0.800. The van der Waals surface area contributed by atoms with Gasteiger partial charge in [0.05, 0.1) is 6.10 Å². The van der Waals surface area contributed by atoms with E-state index in [0.29, 0.717) is 0 Å². The number of hydrogen-bond donors (Lipinski definition) is 2. The topological polar surface area (TPSA) is 40.5 Å². The van der Waals surface area contributed by atoms with Gasteiger partial charge in [0.25, 0.3) is 0 Å². The van der Waals surface area contributed by atoms with Crippen LogP contribution >= 0.6 is 0 Å². The molecule has 1 rings (SSSR count). The molecule has 0 bridgehead atoms. The Morgan fingerprint density at radius 1 is 1.07 bits per heavy atom. The molecule has 0 radical (unpaired) electrons. The maximum Gasteiger partial charge on any atom is 0.105 e. The predicted octanol–water partition coefficient (Wildman–Crippen LogP) is 2.35. The van der Waals surface area contributed by atoms with Gasteiger partial charge in [0, 0.05) is 0 Å². The lowest BCUT2D eigenvalue weighted by Gasteiger charge is -2.23. The predicted molar refractivity (Wildman–Crippen MR) is 61.7 cm³/mol. The van der Waals surface area contributed by atoms with Gasteiger partial charge in [-0.1, -0.05) is 37.6 Å². The molecule has 0 saturated carbocycles. The minimum atomic E-state index is -0.787. The van der Waals surface area contributed by atoms with Crippen LogP contribution in [0.2, 0.25) is 0 Å². The second-order valence-corrected chi connectivity index (χ2v) is 4.54. The molecule has 0 aliphatic carbocycles. The van der Waals surface area contributed by atoms with E-state index in [1.165, 1.54) is 0 Å². The first kappa shape index (κ1) is 12.2. The first-order chi connectivity index (χ1) is 6.93. The van der Waals surface area contributed by atoms with Crippen LogP contribution in [0.3, 0.4) is 0 Å².